The summed E-state index contributed by atoms with van der Waals surface area (Å²) in [5, 5.41) is 4.17. The summed E-state index contributed by atoms with van der Waals surface area (Å²) in [6.07, 6.45) is 22.4. The van der Waals surface area contributed by atoms with Crippen LogP contribution in [0.3, 0.4) is 0 Å². The van der Waals surface area contributed by atoms with Gasteiger partial charge in [-0.05, 0) is 131 Å². The standard InChI is InChI=1S/C39H57N2P.C6H10.2ClH.Ru/c1-26-21-28(3)37(29(4)22-26)35-25-40-39(41(35)38-30(5)23-27(2)24-31(38)6)34-19-13-14-20-36(34)42(32-15-9-7-10-16-32)33-17-11-8-12-18-33;1-5-6(2,3)4;;;/h21-24,32-33,35-36,40H,7-20,25H2,1-6H3;5H,2-4H3;2*1H;/q;;;;+2/p-2. The number of aryl methyl sites for hydroxylation is 6. The topological polar surface area (TPSA) is 15.3 Å². The van der Waals surface area contributed by atoms with Crippen LogP contribution in [0.25, 0.3) is 0 Å². The maximum Gasteiger partial charge on any atom is 0.106 e. The van der Waals surface area contributed by atoms with Crippen molar-refractivity contribution in [1.29, 1.82) is 0 Å². The van der Waals surface area contributed by atoms with Crippen LogP contribution in [0.2, 0.25) is 0 Å². The molecule has 2 aromatic carbocycles. The van der Waals surface area contributed by atoms with Crippen molar-refractivity contribution in [2.45, 2.75) is 175 Å². The third kappa shape index (κ3) is 10.6. The Kier molecular flexibility index (Phi) is 15.0. The third-order valence-corrected chi connectivity index (χ3v) is 17.3. The van der Waals surface area contributed by atoms with E-state index in [0.29, 0.717) is 6.04 Å². The van der Waals surface area contributed by atoms with Gasteiger partial charge in [0.05, 0.1) is 6.04 Å². The molecule has 1 N–H and O–H groups in total. The van der Waals surface area contributed by atoms with Crippen molar-refractivity contribution in [3.63, 3.8) is 0 Å². The van der Waals surface area contributed by atoms with Crippen molar-refractivity contribution < 1.29 is 13.5 Å². The maximum atomic E-state index is 5.55. The quantitative estimate of drug-likeness (QED) is 0.238. The summed E-state index contributed by atoms with van der Waals surface area (Å²) in [6.45, 7) is 21.2. The Balaban J connectivity index is 0.000000496. The Morgan fingerprint density at radius 2 is 1.22 bits per heavy atom. The van der Waals surface area contributed by atoms with Crippen molar-refractivity contribution in [3.8, 4) is 0 Å². The van der Waals surface area contributed by atoms with E-state index in [0.717, 1.165) is 23.5 Å². The van der Waals surface area contributed by atoms with Gasteiger partial charge in [0.15, 0.2) is 0 Å². The average Bonchev–Trinajstić information content (AvgIpc) is 3.48. The minimum absolute atomic E-state index is 0.0112. The second-order valence-corrected chi connectivity index (χ2v) is 25.6. The number of halogens is 2. The number of benzene rings is 2. The summed E-state index contributed by atoms with van der Waals surface area (Å²) in [7, 11) is 11.1. The minimum Gasteiger partial charge on any atom is -0.369 e. The van der Waals surface area contributed by atoms with E-state index >= 15 is 0 Å². The molecule has 2 aromatic rings. The van der Waals surface area contributed by atoms with Crippen LogP contribution in [0.1, 0.15) is 156 Å². The summed E-state index contributed by atoms with van der Waals surface area (Å²) in [5.74, 6) is 1.51. The van der Waals surface area contributed by atoms with E-state index in [4.69, 9.17) is 19.4 Å². The van der Waals surface area contributed by atoms with Crippen LogP contribution in [0.15, 0.2) is 41.7 Å². The van der Waals surface area contributed by atoms with Crippen LogP contribution in [-0.4, -0.2) is 27.8 Å². The summed E-state index contributed by atoms with van der Waals surface area (Å²) >= 11 is -1.67. The molecule has 6 heteroatoms. The normalized spacial score (nSPS) is 23.8. The molecule has 2 nitrogen and oxygen atoms in total. The van der Waals surface area contributed by atoms with Gasteiger partial charge in [0.25, 0.3) is 0 Å². The van der Waals surface area contributed by atoms with E-state index in [1.54, 1.807) is 0 Å². The van der Waals surface area contributed by atoms with Gasteiger partial charge in [0.1, 0.15) is 5.82 Å². The predicted molar refractivity (Wildman–Crippen MR) is 225 cm³/mol. The first-order valence-electron chi connectivity index (χ1n) is 20.0. The first-order chi connectivity index (χ1) is 24.2. The van der Waals surface area contributed by atoms with E-state index in [9.17, 15) is 0 Å². The molecule has 0 spiro atoms. The second kappa shape index (κ2) is 18.6. The number of anilines is 1. The first kappa shape index (κ1) is 41.2. The van der Waals surface area contributed by atoms with Crippen molar-refractivity contribution in [2.75, 3.05) is 11.4 Å². The van der Waals surface area contributed by atoms with E-state index in [1.807, 2.05) is 11.6 Å². The smallest absolute Gasteiger partial charge is 0.106 e. The van der Waals surface area contributed by atoms with Gasteiger partial charge in [-0.1, -0.05) is 88.3 Å². The monoisotopic (exact) mass is 838 g/mol. The van der Waals surface area contributed by atoms with Crippen molar-refractivity contribution >= 4 is 37.3 Å². The third-order valence-electron chi connectivity index (χ3n) is 11.8. The second-order valence-electron chi connectivity index (χ2n) is 17.3. The Morgan fingerprint density at radius 1 is 0.725 bits per heavy atom. The fraction of sp³-hybridized carbons (Fsp3) is 0.644. The molecular formula is C45H67Cl2N2PRu. The molecule has 1 heterocycles. The summed E-state index contributed by atoms with van der Waals surface area (Å²) < 4.78 is 2.93. The Bertz CT molecular complexity index is 1540. The number of allylic oxidation sites excluding steroid dienone is 2. The SMILES string of the molecule is CC(C)(C)C=[C]=[Ru]([Cl])[Cl].Cc1cc(C)c(C2CNC(=C3CCCCC3P(C3CCCCC3)C3CCCCC3)N2c2c(C)cc(C)cc2C)c(C)c1. The van der Waals surface area contributed by atoms with Gasteiger partial charge in [-0.25, -0.2) is 0 Å². The molecule has 2 atom stereocenters. The molecule has 284 valence electrons. The van der Waals surface area contributed by atoms with Crippen LogP contribution >= 0.6 is 27.3 Å². The minimum atomic E-state index is -1.67. The molecule has 1 aliphatic heterocycles. The predicted octanol–water partition coefficient (Wildman–Crippen LogP) is 13.9. The fourth-order valence-corrected chi connectivity index (χ4v) is 15.9. The van der Waals surface area contributed by atoms with Crippen molar-refractivity contribution in [3.05, 3.63) is 80.7 Å². The van der Waals surface area contributed by atoms with Gasteiger partial charge in [0, 0.05) is 17.9 Å². The van der Waals surface area contributed by atoms with Gasteiger partial charge in [0.2, 0.25) is 0 Å². The van der Waals surface area contributed by atoms with Crippen LogP contribution in [0.4, 0.5) is 5.69 Å². The molecule has 3 saturated carbocycles. The molecule has 51 heavy (non-hydrogen) atoms. The molecule has 0 amide bonds. The summed E-state index contributed by atoms with van der Waals surface area (Å²) in [6, 6.07) is 10.0. The molecule has 3 aliphatic carbocycles. The average molecular weight is 839 g/mol. The zero-order chi connectivity index (χ0) is 36.9. The van der Waals surface area contributed by atoms with E-state index in [1.165, 1.54) is 140 Å². The number of nitrogens with one attached hydrogen (secondary N) is 1. The molecule has 0 bridgehead atoms. The zero-order valence-electron chi connectivity index (χ0n) is 33.3. The van der Waals surface area contributed by atoms with Gasteiger partial charge < -0.3 is 10.2 Å². The van der Waals surface area contributed by atoms with Crippen molar-refractivity contribution in [2.24, 2.45) is 5.41 Å². The number of rotatable bonds is 5. The summed E-state index contributed by atoms with van der Waals surface area (Å²) in [5.41, 5.74) is 16.3. The first-order valence-corrected chi connectivity index (χ1v) is 26.9. The van der Waals surface area contributed by atoms with Crippen LogP contribution in [0, 0.1) is 47.0 Å². The molecule has 4 aliphatic rings. The Labute approximate surface area is 326 Å². The fourth-order valence-electron chi connectivity index (χ4n) is 9.92. The van der Waals surface area contributed by atoms with Gasteiger partial charge in [-0.15, -0.1) is 0 Å². The number of hydrogen-bond acceptors (Lipinski definition) is 2. The van der Waals surface area contributed by atoms with Crippen LogP contribution in [0.5, 0.6) is 0 Å². The summed E-state index contributed by atoms with van der Waals surface area (Å²) in [4.78, 5) is 2.83. The molecular weight excluding hydrogens is 771 g/mol. The largest absolute Gasteiger partial charge is 0.369 e. The van der Waals surface area contributed by atoms with Gasteiger partial charge in [-0.3, -0.25) is 0 Å². The Hall–Kier alpha value is -0.937. The van der Waals surface area contributed by atoms with Crippen LogP contribution < -0.4 is 10.2 Å². The molecule has 0 aromatic heterocycles. The zero-order valence-corrected chi connectivity index (χ0v) is 37.5. The van der Waals surface area contributed by atoms with E-state index < -0.39 is 13.5 Å². The molecule has 1 saturated heterocycles. The van der Waals surface area contributed by atoms with Gasteiger partial charge in [-0.2, -0.15) is 0 Å². The van der Waals surface area contributed by atoms with E-state index in [-0.39, 0.29) is 13.3 Å². The van der Waals surface area contributed by atoms with Crippen molar-refractivity contribution in [1.82, 2.24) is 5.32 Å². The number of hydrogen-bond donors (Lipinski definition) is 1. The maximum absolute atomic E-state index is 5.55. The molecule has 2 unspecified atom stereocenters. The van der Waals surface area contributed by atoms with Crippen LogP contribution in [-0.2, 0) is 13.5 Å². The molecule has 0 radical (unpaired) electrons. The Morgan fingerprint density at radius 3 is 1.69 bits per heavy atom. The van der Waals surface area contributed by atoms with Gasteiger partial charge >= 0.3 is 69.4 Å². The molecule has 4 fully saturated rings. The number of nitrogens with zero attached hydrogens (tertiary/aromatic N) is 1. The molecule has 6 rings (SSSR count). The van der Waals surface area contributed by atoms with E-state index in [2.05, 4.69) is 101 Å².